The lowest BCUT2D eigenvalue weighted by Crippen LogP contribution is -2.19. The highest BCUT2D eigenvalue weighted by Gasteiger charge is 2.06. The van der Waals surface area contributed by atoms with Crippen LogP contribution in [0, 0.1) is 0 Å². The van der Waals surface area contributed by atoms with E-state index in [-0.39, 0.29) is 5.91 Å². The summed E-state index contributed by atoms with van der Waals surface area (Å²) in [5.74, 6) is 0.435. The van der Waals surface area contributed by atoms with E-state index in [9.17, 15) is 4.79 Å². The minimum absolute atomic E-state index is 0.268. The van der Waals surface area contributed by atoms with Crippen molar-refractivity contribution in [2.45, 2.75) is 13.5 Å². The zero-order valence-electron chi connectivity index (χ0n) is 15.2. The number of halogens is 2. The quantitative estimate of drug-likeness (QED) is 0.335. The summed E-state index contributed by atoms with van der Waals surface area (Å²) in [7, 11) is 0. The molecule has 3 rings (SSSR count). The molecule has 0 spiro atoms. The number of hydrazone groups is 1. The van der Waals surface area contributed by atoms with Crippen LogP contribution in [-0.4, -0.2) is 11.6 Å². The number of carbonyl (C=O) groups is 1. The van der Waals surface area contributed by atoms with Gasteiger partial charge in [-0.2, -0.15) is 5.10 Å². The van der Waals surface area contributed by atoms with E-state index < -0.39 is 0 Å². The lowest BCUT2D eigenvalue weighted by atomic mass is 10.1. The molecule has 4 nitrogen and oxygen atoms in total. The highest BCUT2D eigenvalue weighted by atomic mass is 79.9. The predicted molar refractivity (Wildman–Crippen MR) is 119 cm³/mol. The minimum Gasteiger partial charge on any atom is -0.489 e. The van der Waals surface area contributed by atoms with Crippen molar-refractivity contribution in [1.82, 2.24) is 5.43 Å². The first-order valence-electron chi connectivity index (χ1n) is 8.59. The second-order valence-corrected chi connectivity index (χ2v) is 7.92. The SMILES string of the molecule is C/C(=N\NC(=O)c1ccc(OCc2ccc(Br)cc2)cc1)c1ccc(Br)cc1. The molecule has 0 atom stereocenters. The fourth-order valence-electron chi connectivity index (χ4n) is 2.40. The highest BCUT2D eigenvalue weighted by Crippen LogP contribution is 2.16. The highest BCUT2D eigenvalue weighted by molar-refractivity contribution is 9.10. The van der Waals surface area contributed by atoms with E-state index >= 15 is 0 Å². The second-order valence-electron chi connectivity index (χ2n) is 6.08. The van der Waals surface area contributed by atoms with Crippen LogP contribution in [0.25, 0.3) is 0 Å². The predicted octanol–water partition coefficient (Wildman–Crippen LogP) is 5.94. The van der Waals surface area contributed by atoms with E-state index in [0.29, 0.717) is 17.9 Å². The van der Waals surface area contributed by atoms with Gasteiger partial charge in [-0.05, 0) is 66.6 Å². The van der Waals surface area contributed by atoms with Crippen molar-refractivity contribution in [3.05, 3.63) is 98.4 Å². The molecule has 3 aromatic carbocycles. The zero-order chi connectivity index (χ0) is 19.9. The Morgan fingerprint density at radius 1 is 0.857 bits per heavy atom. The number of benzene rings is 3. The lowest BCUT2D eigenvalue weighted by molar-refractivity contribution is 0.0955. The average molecular weight is 502 g/mol. The van der Waals surface area contributed by atoms with Crippen molar-refractivity contribution in [3.63, 3.8) is 0 Å². The Bertz CT molecular complexity index is 967. The van der Waals surface area contributed by atoms with Crippen LogP contribution in [0.2, 0.25) is 0 Å². The van der Waals surface area contributed by atoms with Crippen molar-refractivity contribution in [2.24, 2.45) is 5.10 Å². The number of nitrogens with one attached hydrogen (secondary N) is 1. The molecule has 0 aliphatic carbocycles. The molecule has 0 aliphatic rings. The van der Waals surface area contributed by atoms with Gasteiger partial charge >= 0.3 is 0 Å². The second kappa shape index (κ2) is 9.66. The van der Waals surface area contributed by atoms with Gasteiger partial charge in [0.2, 0.25) is 0 Å². The Morgan fingerprint density at radius 3 is 2.00 bits per heavy atom. The molecule has 0 fully saturated rings. The van der Waals surface area contributed by atoms with Crippen LogP contribution in [-0.2, 0) is 6.61 Å². The summed E-state index contributed by atoms with van der Waals surface area (Å²) >= 11 is 6.81. The van der Waals surface area contributed by atoms with Crippen molar-refractivity contribution in [1.29, 1.82) is 0 Å². The molecule has 3 aromatic rings. The van der Waals surface area contributed by atoms with E-state index in [4.69, 9.17) is 4.74 Å². The number of hydrogen-bond donors (Lipinski definition) is 1. The summed E-state index contributed by atoms with van der Waals surface area (Å²) in [5.41, 5.74) is 5.85. The lowest BCUT2D eigenvalue weighted by Gasteiger charge is -2.07. The maximum Gasteiger partial charge on any atom is 0.271 e. The molecule has 0 radical (unpaired) electrons. The molecular weight excluding hydrogens is 484 g/mol. The molecule has 0 bridgehead atoms. The summed E-state index contributed by atoms with van der Waals surface area (Å²) in [6.45, 7) is 2.32. The van der Waals surface area contributed by atoms with Crippen LogP contribution in [0.5, 0.6) is 5.75 Å². The zero-order valence-corrected chi connectivity index (χ0v) is 18.3. The van der Waals surface area contributed by atoms with Gasteiger partial charge in [-0.3, -0.25) is 4.79 Å². The van der Waals surface area contributed by atoms with Crippen molar-refractivity contribution >= 4 is 43.5 Å². The Hall–Kier alpha value is -2.44. The van der Waals surface area contributed by atoms with Gasteiger partial charge in [0.15, 0.2) is 0 Å². The molecule has 6 heteroatoms. The van der Waals surface area contributed by atoms with Crippen LogP contribution in [0.1, 0.15) is 28.4 Å². The number of amides is 1. The summed E-state index contributed by atoms with van der Waals surface area (Å²) < 4.78 is 7.78. The van der Waals surface area contributed by atoms with Gasteiger partial charge < -0.3 is 4.74 Å². The van der Waals surface area contributed by atoms with Crippen LogP contribution >= 0.6 is 31.9 Å². The molecule has 142 valence electrons. The van der Waals surface area contributed by atoms with E-state index in [1.807, 2.05) is 55.5 Å². The largest absolute Gasteiger partial charge is 0.489 e. The molecule has 0 aromatic heterocycles. The van der Waals surface area contributed by atoms with Gasteiger partial charge in [-0.1, -0.05) is 56.1 Å². The van der Waals surface area contributed by atoms with E-state index in [2.05, 4.69) is 42.4 Å². The summed E-state index contributed by atoms with van der Waals surface area (Å²) in [5, 5.41) is 4.17. The van der Waals surface area contributed by atoms with Crippen molar-refractivity contribution in [2.75, 3.05) is 0 Å². The molecule has 0 saturated heterocycles. The molecular formula is C22H18Br2N2O2. The van der Waals surface area contributed by atoms with E-state index in [0.717, 1.165) is 25.8 Å². The first kappa shape index (κ1) is 20.3. The van der Waals surface area contributed by atoms with E-state index in [1.54, 1.807) is 24.3 Å². The maximum atomic E-state index is 12.3. The number of nitrogens with zero attached hydrogens (tertiary/aromatic N) is 1. The number of rotatable bonds is 6. The van der Waals surface area contributed by atoms with Gasteiger partial charge in [0, 0.05) is 14.5 Å². The van der Waals surface area contributed by atoms with Gasteiger partial charge in [0.05, 0.1) is 5.71 Å². The third kappa shape index (κ3) is 5.78. The normalized spacial score (nSPS) is 11.2. The first-order chi connectivity index (χ1) is 13.5. The number of ether oxygens (including phenoxy) is 1. The topological polar surface area (TPSA) is 50.7 Å². The molecule has 1 N–H and O–H groups in total. The molecule has 28 heavy (non-hydrogen) atoms. The van der Waals surface area contributed by atoms with Crippen molar-refractivity contribution in [3.8, 4) is 5.75 Å². The smallest absolute Gasteiger partial charge is 0.271 e. The van der Waals surface area contributed by atoms with Crippen molar-refractivity contribution < 1.29 is 9.53 Å². The van der Waals surface area contributed by atoms with Crippen LogP contribution < -0.4 is 10.2 Å². The van der Waals surface area contributed by atoms with Gasteiger partial charge in [0.25, 0.3) is 5.91 Å². The summed E-state index contributed by atoms with van der Waals surface area (Å²) in [6.07, 6.45) is 0. The summed E-state index contributed by atoms with van der Waals surface area (Å²) in [6, 6.07) is 22.7. The number of hydrogen-bond acceptors (Lipinski definition) is 3. The standard InChI is InChI=1S/C22H18Br2N2O2/c1-15(17-4-10-20(24)11-5-17)25-26-22(27)18-6-12-21(13-7-18)28-14-16-2-8-19(23)9-3-16/h2-13H,14H2,1H3,(H,26,27)/b25-15+. The van der Waals surface area contributed by atoms with Gasteiger partial charge in [-0.25, -0.2) is 5.43 Å². The van der Waals surface area contributed by atoms with E-state index in [1.165, 1.54) is 0 Å². The Morgan fingerprint density at radius 2 is 1.39 bits per heavy atom. The monoisotopic (exact) mass is 500 g/mol. The molecule has 1 amide bonds. The minimum atomic E-state index is -0.268. The Kier molecular flexibility index (Phi) is 7.01. The Labute approximate surface area is 180 Å². The first-order valence-corrected chi connectivity index (χ1v) is 10.2. The van der Waals surface area contributed by atoms with Gasteiger partial charge in [-0.15, -0.1) is 0 Å². The molecule has 0 unspecified atom stereocenters. The van der Waals surface area contributed by atoms with Crippen LogP contribution in [0.4, 0.5) is 0 Å². The third-order valence-corrected chi connectivity index (χ3v) is 5.08. The molecule has 0 saturated carbocycles. The van der Waals surface area contributed by atoms with Crippen LogP contribution in [0.15, 0.2) is 86.8 Å². The van der Waals surface area contributed by atoms with Crippen LogP contribution in [0.3, 0.4) is 0 Å². The van der Waals surface area contributed by atoms with Gasteiger partial charge in [0.1, 0.15) is 12.4 Å². The maximum absolute atomic E-state index is 12.3. The molecule has 0 heterocycles. The average Bonchev–Trinajstić information content (AvgIpc) is 2.72. The fraction of sp³-hybridized carbons (Fsp3) is 0.0909. The number of carbonyl (C=O) groups excluding carboxylic acids is 1. The summed E-state index contributed by atoms with van der Waals surface area (Å²) in [4.78, 5) is 12.3. The fourth-order valence-corrected chi connectivity index (χ4v) is 2.93. The third-order valence-electron chi connectivity index (χ3n) is 4.02. The molecule has 0 aliphatic heterocycles. The Balaban J connectivity index is 1.56.